The van der Waals surface area contributed by atoms with Gasteiger partial charge in [0.25, 0.3) is 5.56 Å². The molecule has 122 valence electrons. The van der Waals surface area contributed by atoms with E-state index in [1.807, 2.05) is 0 Å². The average Bonchev–Trinajstić information content (AvgIpc) is 2.54. The van der Waals surface area contributed by atoms with E-state index in [0.717, 1.165) is 4.68 Å². The van der Waals surface area contributed by atoms with Crippen molar-refractivity contribution in [1.29, 1.82) is 0 Å². The molecule has 0 fully saturated rings. The molecule has 1 aromatic carbocycles. The molecule has 2 N–H and O–H groups in total. The topological polar surface area (TPSA) is 106 Å². The van der Waals surface area contributed by atoms with E-state index in [0.29, 0.717) is 17.4 Å². The second kappa shape index (κ2) is 7.48. The Kier molecular flexibility index (Phi) is 5.40. The maximum Gasteiger partial charge on any atom is 0.278 e. The highest BCUT2D eigenvalue weighted by Crippen LogP contribution is 2.02. The molecule has 2 rings (SSSR count). The number of amides is 2. The van der Waals surface area contributed by atoms with Crippen LogP contribution in [0.15, 0.2) is 29.1 Å². The summed E-state index contributed by atoms with van der Waals surface area (Å²) in [5.74, 6) is -0.538. The summed E-state index contributed by atoms with van der Waals surface area (Å²) in [6, 6.07) is 6.82. The Balaban J connectivity index is 1.90. The summed E-state index contributed by atoms with van der Waals surface area (Å²) in [7, 11) is 0. The van der Waals surface area contributed by atoms with E-state index in [1.165, 1.54) is 0 Å². The molecule has 0 saturated heterocycles. The van der Waals surface area contributed by atoms with Gasteiger partial charge in [-0.1, -0.05) is 31.2 Å². The van der Waals surface area contributed by atoms with Crippen LogP contribution in [-0.4, -0.2) is 39.9 Å². The largest absolute Gasteiger partial charge is 0.354 e. The van der Waals surface area contributed by atoms with Gasteiger partial charge in [-0.25, -0.2) is 4.68 Å². The summed E-state index contributed by atoms with van der Waals surface area (Å²) in [6.45, 7) is 3.99. The van der Waals surface area contributed by atoms with E-state index in [4.69, 9.17) is 0 Å². The zero-order valence-electron chi connectivity index (χ0n) is 13.1. The third-order valence-corrected chi connectivity index (χ3v) is 3.19. The molecule has 23 heavy (non-hydrogen) atoms. The third-order valence-electron chi connectivity index (χ3n) is 3.19. The fourth-order valence-electron chi connectivity index (χ4n) is 1.91. The van der Waals surface area contributed by atoms with Gasteiger partial charge in [0.1, 0.15) is 12.1 Å². The molecule has 0 aliphatic rings. The Bertz CT molecular complexity index is 769. The SMILES string of the molecule is CC(C)C(=O)NCCNC(=O)Cn1nnc2ccccc2c1=O. The van der Waals surface area contributed by atoms with E-state index in [9.17, 15) is 14.4 Å². The molecule has 0 aliphatic carbocycles. The maximum atomic E-state index is 12.2. The van der Waals surface area contributed by atoms with Crippen LogP contribution in [0.25, 0.3) is 10.9 Å². The molecule has 8 heteroatoms. The van der Waals surface area contributed by atoms with Gasteiger partial charge in [0.05, 0.1) is 5.39 Å². The minimum atomic E-state index is -0.365. The predicted octanol–water partition coefficient (Wildman–Crippen LogP) is -0.320. The maximum absolute atomic E-state index is 12.2. The van der Waals surface area contributed by atoms with Gasteiger partial charge in [-0.3, -0.25) is 14.4 Å². The summed E-state index contributed by atoms with van der Waals surface area (Å²) >= 11 is 0. The number of nitrogens with one attached hydrogen (secondary N) is 2. The molecule has 0 saturated carbocycles. The molecule has 1 heterocycles. The van der Waals surface area contributed by atoms with Crippen LogP contribution in [-0.2, 0) is 16.1 Å². The lowest BCUT2D eigenvalue weighted by molar-refractivity contribution is -0.125. The van der Waals surface area contributed by atoms with E-state index < -0.39 is 0 Å². The Hall–Kier alpha value is -2.77. The van der Waals surface area contributed by atoms with Crippen molar-refractivity contribution < 1.29 is 9.59 Å². The number of carbonyl (C=O) groups excluding carboxylic acids is 2. The van der Waals surface area contributed by atoms with Crippen molar-refractivity contribution >= 4 is 22.7 Å². The van der Waals surface area contributed by atoms with Gasteiger partial charge in [0.15, 0.2) is 0 Å². The lowest BCUT2D eigenvalue weighted by atomic mass is 10.2. The van der Waals surface area contributed by atoms with Gasteiger partial charge in [-0.05, 0) is 12.1 Å². The Morgan fingerprint density at radius 2 is 1.87 bits per heavy atom. The fraction of sp³-hybridized carbons (Fsp3) is 0.400. The molecule has 0 bridgehead atoms. The van der Waals surface area contributed by atoms with Crippen LogP contribution in [0.5, 0.6) is 0 Å². The van der Waals surface area contributed by atoms with Crippen molar-refractivity contribution in [2.75, 3.05) is 13.1 Å². The molecular formula is C15H19N5O3. The number of hydrogen-bond acceptors (Lipinski definition) is 5. The Labute approximate surface area is 132 Å². The van der Waals surface area contributed by atoms with E-state index in [-0.39, 0.29) is 36.4 Å². The average molecular weight is 317 g/mol. The lowest BCUT2D eigenvalue weighted by Crippen LogP contribution is -2.39. The number of carbonyl (C=O) groups is 2. The van der Waals surface area contributed by atoms with Crippen molar-refractivity contribution in [2.24, 2.45) is 5.92 Å². The minimum absolute atomic E-state index is 0.0733. The first-order valence-electron chi connectivity index (χ1n) is 7.36. The summed E-state index contributed by atoms with van der Waals surface area (Å²) < 4.78 is 1.02. The normalized spacial score (nSPS) is 10.7. The van der Waals surface area contributed by atoms with Crippen LogP contribution in [0.2, 0.25) is 0 Å². The molecule has 8 nitrogen and oxygen atoms in total. The van der Waals surface area contributed by atoms with Crippen molar-refractivity contribution in [3.63, 3.8) is 0 Å². The standard InChI is InChI=1S/C15H19N5O3/c1-10(2)14(22)17-8-7-16-13(21)9-20-15(23)11-5-3-4-6-12(11)18-19-20/h3-6,10H,7-9H2,1-2H3,(H,16,21)(H,17,22). The third kappa shape index (κ3) is 4.35. The number of rotatable bonds is 6. The fourth-order valence-corrected chi connectivity index (χ4v) is 1.91. The number of nitrogens with zero attached hydrogens (tertiary/aromatic N) is 3. The molecule has 2 amide bonds. The first kappa shape index (κ1) is 16.6. The second-order valence-electron chi connectivity index (χ2n) is 5.37. The summed E-state index contributed by atoms with van der Waals surface area (Å²) in [6.07, 6.45) is 0. The van der Waals surface area contributed by atoms with Crippen molar-refractivity contribution in [2.45, 2.75) is 20.4 Å². The zero-order chi connectivity index (χ0) is 16.8. The zero-order valence-corrected chi connectivity index (χ0v) is 13.1. The van der Waals surface area contributed by atoms with Crippen molar-refractivity contribution in [3.05, 3.63) is 34.6 Å². The summed E-state index contributed by atoms with van der Waals surface area (Å²) in [5, 5.41) is 13.4. The number of benzene rings is 1. The first-order chi connectivity index (χ1) is 11.0. The number of hydrogen-bond donors (Lipinski definition) is 2. The smallest absolute Gasteiger partial charge is 0.278 e. The molecule has 0 radical (unpaired) electrons. The molecule has 1 aromatic heterocycles. The van der Waals surface area contributed by atoms with Crippen LogP contribution in [0.3, 0.4) is 0 Å². The van der Waals surface area contributed by atoms with Gasteiger partial charge in [-0.2, -0.15) is 0 Å². The minimum Gasteiger partial charge on any atom is -0.354 e. The monoisotopic (exact) mass is 317 g/mol. The lowest BCUT2D eigenvalue weighted by Gasteiger charge is -2.09. The second-order valence-corrected chi connectivity index (χ2v) is 5.37. The van der Waals surface area contributed by atoms with Crippen molar-refractivity contribution in [3.8, 4) is 0 Å². The Morgan fingerprint density at radius 3 is 2.61 bits per heavy atom. The quantitative estimate of drug-likeness (QED) is 0.710. The predicted molar refractivity (Wildman–Crippen MR) is 84.7 cm³/mol. The highest BCUT2D eigenvalue weighted by Gasteiger charge is 2.09. The molecule has 0 unspecified atom stereocenters. The van der Waals surface area contributed by atoms with E-state index in [2.05, 4.69) is 20.9 Å². The molecular weight excluding hydrogens is 298 g/mol. The molecule has 0 atom stereocenters. The number of aromatic nitrogens is 3. The van der Waals surface area contributed by atoms with Crippen LogP contribution in [0, 0.1) is 5.92 Å². The van der Waals surface area contributed by atoms with Crippen molar-refractivity contribution in [1.82, 2.24) is 25.6 Å². The molecule has 2 aromatic rings. The molecule has 0 spiro atoms. The van der Waals surface area contributed by atoms with E-state index >= 15 is 0 Å². The van der Waals surface area contributed by atoms with Crippen LogP contribution < -0.4 is 16.2 Å². The van der Waals surface area contributed by atoms with Gasteiger partial charge in [-0.15, -0.1) is 5.10 Å². The first-order valence-corrected chi connectivity index (χ1v) is 7.36. The van der Waals surface area contributed by atoms with Gasteiger partial charge in [0, 0.05) is 19.0 Å². The van der Waals surface area contributed by atoms with Crippen LogP contribution in [0.4, 0.5) is 0 Å². The van der Waals surface area contributed by atoms with Gasteiger partial charge in [0.2, 0.25) is 11.8 Å². The summed E-state index contributed by atoms with van der Waals surface area (Å²) in [5.41, 5.74) is 0.129. The van der Waals surface area contributed by atoms with E-state index in [1.54, 1.807) is 38.1 Å². The van der Waals surface area contributed by atoms with Crippen LogP contribution in [0.1, 0.15) is 13.8 Å². The summed E-state index contributed by atoms with van der Waals surface area (Å²) in [4.78, 5) is 35.4. The Morgan fingerprint density at radius 1 is 1.17 bits per heavy atom. The highest BCUT2D eigenvalue weighted by molar-refractivity contribution is 5.79. The van der Waals surface area contributed by atoms with Gasteiger partial charge < -0.3 is 10.6 Å². The number of fused-ring (bicyclic) bond motifs is 1. The molecule has 0 aliphatic heterocycles. The highest BCUT2D eigenvalue weighted by atomic mass is 16.2. The van der Waals surface area contributed by atoms with Crippen LogP contribution >= 0.6 is 0 Å². The van der Waals surface area contributed by atoms with Gasteiger partial charge >= 0.3 is 0 Å².